The van der Waals surface area contributed by atoms with Crippen LogP contribution in [-0.2, 0) is 0 Å². The van der Waals surface area contributed by atoms with Crippen LogP contribution < -0.4 is 16.4 Å². The highest BCUT2D eigenvalue weighted by Crippen LogP contribution is 2.55. The van der Waals surface area contributed by atoms with E-state index in [1.165, 1.54) is 19.3 Å². The van der Waals surface area contributed by atoms with Gasteiger partial charge in [0.05, 0.1) is 0 Å². The number of carbonyl (C=O) groups excluding carboxylic acids is 1. The SMILES string of the molecule is CCN=C(N)NC(=O)NC12CC3CC(CC(C3)C1)C2. The van der Waals surface area contributed by atoms with Crippen molar-refractivity contribution in [3.05, 3.63) is 0 Å². The van der Waals surface area contributed by atoms with E-state index in [0.29, 0.717) is 6.54 Å². The number of carbonyl (C=O) groups is 1. The van der Waals surface area contributed by atoms with E-state index in [-0.39, 0.29) is 17.5 Å². The highest BCUT2D eigenvalue weighted by atomic mass is 16.2. The molecule has 19 heavy (non-hydrogen) atoms. The number of rotatable bonds is 2. The Kier molecular flexibility index (Phi) is 3.15. The maximum atomic E-state index is 12.0. The molecule has 0 saturated heterocycles. The fourth-order valence-corrected chi connectivity index (χ4v) is 4.86. The van der Waals surface area contributed by atoms with Crippen LogP contribution in [0, 0.1) is 17.8 Å². The van der Waals surface area contributed by atoms with E-state index in [0.717, 1.165) is 37.0 Å². The molecular formula is C14H24N4O. The summed E-state index contributed by atoms with van der Waals surface area (Å²) >= 11 is 0. The second-order valence-electron chi connectivity index (χ2n) is 6.64. The maximum absolute atomic E-state index is 12.0. The molecule has 0 heterocycles. The normalized spacial score (nSPS) is 40.3. The molecule has 0 aromatic carbocycles. The lowest BCUT2D eigenvalue weighted by atomic mass is 9.53. The minimum absolute atomic E-state index is 0.0331. The molecule has 4 N–H and O–H groups in total. The van der Waals surface area contributed by atoms with E-state index in [2.05, 4.69) is 15.6 Å². The van der Waals surface area contributed by atoms with Gasteiger partial charge in [0, 0.05) is 12.1 Å². The summed E-state index contributed by atoms with van der Waals surface area (Å²) in [7, 11) is 0. The first-order valence-corrected chi connectivity index (χ1v) is 7.47. The Hall–Kier alpha value is -1.26. The molecule has 4 saturated carbocycles. The van der Waals surface area contributed by atoms with Crippen molar-refractivity contribution in [2.75, 3.05) is 6.54 Å². The van der Waals surface area contributed by atoms with Crippen LogP contribution in [0.25, 0.3) is 0 Å². The molecule has 2 amide bonds. The zero-order valence-electron chi connectivity index (χ0n) is 11.6. The molecule has 4 bridgehead atoms. The average molecular weight is 264 g/mol. The number of amides is 2. The third-order valence-corrected chi connectivity index (χ3v) is 4.99. The van der Waals surface area contributed by atoms with Crippen molar-refractivity contribution < 1.29 is 4.79 Å². The van der Waals surface area contributed by atoms with Crippen molar-refractivity contribution in [1.29, 1.82) is 0 Å². The number of hydrogen-bond donors (Lipinski definition) is 3. The van der Waals surface area contributed by atoms with Gasteiger partial charge in [-0.05, 0) is 63.2 Å². The molecule has 0 aromatic heterocycles. The Morgan fingerprint density at radius 2 is 1.74 bits per heavy atom. The average Bonchev–Trinajstić information content (AvgIpc) is 2.25. The molecule has 4 aliphatic carbocycles. The molecule has 0 radical (unpaired) electrons. The smallest absolute Gasteiger partial charge is 0.321 e. The zero-order chi connectivity index (χ0) is 13.5. The van der Waals surface area contributed by atoms with Crippen LogP contribution in [0.15, 0.2) is 4.99 Å². The van der Waals surface area contributed by atoms with Gasteiger partial charge in [0.1, 0.15) is 0 Å². The van der Waals surface area contributed by atoms with Crippen LogP contribution in [0.5, 0.6) is 0 Å². The molecule has 0 aromatic rings. The third-order valence-electron chi connectivity index (χ3n) is 4.99. The quantitative estimate of drug-likeness (QED) is 0.523. The van der Waals surface area contributed by atoms with E-state index in [4.69, 9.17) is 5.73 Å². The topological polar surface area (TPSA) is 79.5 Å². The summed E-state index contributed by atoms with van der Waals surface area (Å²) in [4.78, 5) is 16.0. The fraction of sp³-hybridized carbons (Fsp3) is 0.857. The van der Waals surface area contributed by atoms with Crippen LogP contribution in [0.3, 0.4) is 0 Å². The molecule has 4 rings (SSSR count). The summed E-state index contributed by atoms with van der Waals surface area (Å²) in [6.45, 7) is 2.48. The zero-order valence-corrected chi connectivity index (χ0v) is 11.6. The van der Waals surface area contributed by atoms with Gasteiger partial charge in [-0.25, -0.2) is 4.79 Å². The minimum atomic E-state index is -0.184. The molecule has 4 fully saturated rings. The molecule has 0 spiro atoms. The van der Waals surface area contributed by atoms with Gasteiger partial charge in [-0.15, -0.1) is 0 Å². The number of hydrogen-bond acceptors (Lipinski definition) is 2. The molecule has 4 aliphatic rings. The van der Waals surface area contributed by atoms with Gasteiger partial charge in [0.25, 0.3) is 0 Å². The molecule has 0 unspecified atom stereocenters. The predicted molar refractivity (Wildman–Crippen MR) is 74.7 cm³/mol. The molecule has 0 aliphatic heterocycles. The number of urea groups is 1. The second kappa shape index (κ2) is 4.69. The lowest BCUT2D eigenvalue weighted by Crippen LogP contribution is -2.62. The molecule has 5 nitrogen and oxygen atoms in total. The summed E-state index contributed by atoms with van der Waals surface area (Å²) < 4.78 is 0. The number of nitrogens with two attached hydrogens (primary N) is 1. The van der Waals surface area contributed by atoms with Crippen molar-refractivity contribution in [2.45, 2.75) is 51.0 Å². The van der Waals surface area contributed by atoms with Crippen molar-refractivity contribution >= 4 is 12.0 Å². The Balaban J connectivity index is 1.63. The summed E-state index contributed by atoms with van der Waals surface area (Å²) in [6.07, 6.45) is 7.58. The summed E-state index contributed by atoms with van der Waals surface area (Å²) in [5.41, 5.74) is 5.66. The first-order chi connectivity index (χ1) is 9.08. The van der Waals surface area contributed by atoms with E-state index in [1.54, 1.807) is 0 Å². The van der Waals surface area contributed by atoms with Gasteiger partial charge in [-0.2, -0.15) is 0 Å². The Morgan fingerprint density at radius 3 is 2.21 bits per heavy atom. The number of nitrogens with one attached hydrogen (secondary N) is 2. The van der Waals surface area contributed by atoms with E-state index in [9.17, 15) is 4.79 Å². The van der Waals surface area contributed by atoms with Gasteiger partial charge < -0.3 is 11.1 Å². The van der Waals surface area contributed by atoms with Gasteiger partial charge >= 0.3 is 6.03 Å². The summed E-state index contributed by atoms with van der Waals surface area (Å²) in [6, 6.07) is -0.184. The summed E-state index contributed by atoms with van der Waals surface area (Å²) in [5, 5.41) is 5.84. The fourth-order valence-electron chi connectivity index (χ4n) is 4.86. The predicted octanol–water partition coefficient (Wildman–Crippen LogP) is 1.59. The van der Waals surface area contributed by atoms with Crippen molar-refractivity contribution in [3.8, 4) is 0 Å². The highest BCUT2D eigenvalue weighted by molar-refractivity contribution is 5.95. The van der Waals surface area contributed by atoms with Gasteiger partial charge in [0.15, 0.2) is 5.96 Å². The number of guanidine groups is 1. The van der Waals surface area contributed by atoms with Gasteiger partial charge in [-0.3, -0.25) is 10.3 Å². The summed E-state index contributed by atoms with van der Waals surface area (Å²) in [5.74, 6) is 2.69. The van der Waals surface area contributed by atoms with E-state index >= 15 is 0 Å². The van der Waals surface area contributed by atoms with E-state index in [1.807, 2.05) is 6.92 Å². The van der Waals surface area contributed by atoms with Crippen LogP contribution in [-0.4, -0.2) is 24.1 Å². The van der Waals surface area contributed by atoms with Crippen LogP contribution in [0.2, 0.25) is 0 Å². The van der Waals surface area contributed by atoms with Crippen molar-refractivity contribution in [2.24, 2.45) is 28.5 Å². The Morgan fingerprint density at radius 1 is 1.21 bits per heavy atom. The van der Waals surface area contributed by atoms with Crippen LogP contribution in [0.4, 0.5) is 4.79 Å². The first kappa shape index (κ1) is 12.8. The largest absolute Gasteiger partial charge is 0.370 e. The second-order valence-corrected chi connectivity index (χ2v) is 6.64. The lowest BCUT2D eigenvalue weighted by molar-refractivity contribution is -0.0132. The Bertz CT molecular complexity index is 369. The number of aliphatic imine (C=N–C) groups is 1. The molecule has 0 atom stereocenters. The van der Waals surface area contributed by atoms with Crippen molar-refractivity contribution in [3.63, 3.8) is 0 Å². The standard InChI is InChI=1S/C14H24N4O/c1-2-16-12(15)17-13(19)18-14-6-9-3-10(7-14)5-11(4-9)8-14/h9-11H,2-8H2,1H3,(H4,15,16,17,18,19). The molecule has 5 heteroatoms. The monoisotopic (exact) mass is 264 g/mol. The highest BCUT2D eigenvalue weighted by Gasteiger charge is 2.51. The van der Waals surface area contributed by atoms with Crippen LogP contribution >= 0.6 is 0 Å². The number of nitrogens with zero attached hydrogens (tertiary/aromatic N) is 1. The Labute approximate surface area is 114 Å². The van der Waals surface area contributed by atoms with Crippen LogP contribution in [0.1, 0.15) is 45.4 Å². The third kappa shape index (κ3) is 2.55. The minimum Gasteiger partial charge on any atom is -0.370 e. The molecular weight excluding hydrogens is 240 g/mol. The lowest BCUT2D eigenvalue weighted by Gasteiger charge is -2.56. The van der Waals surface area contributed by atoms with Gasteiger partial charge in [0.2, 0.25) is 0 Å². The maximum Gasteiger partial charge on any atom is 0.321 e. The first-order valence-electron chi connectivity index (χ1n) is 7.47. The van der Waals surface area contributed by atoms with Crippen molar-refractivity contribution in [1.82, 2.24) is 10.6 Å². The van der Waals surface area contributed by atoms with E-state index < -0.39 is 0 Å². The van der Waals surface area contributed by atoms with Gasteiger partial charge in [-0.1, -0.05) is 0 Å². The molecule has 106 valence electrons.